The van der Waals surface area contributed by atoms with Crippen LogP contribution in [0.4, 0.5) is 0 Å². The average Bonchev–Trinajstić information content (AvgIpc) is 3.99. The second-order valence-corrected chi connectivity index (χ2v) is 19.4. The number of hydrogen-bond donors (Lipinski definition) is 0. The summed E-state index contributed by atoms with van der Waals surface area (Å²) in [5.74, 6) is 9.50. The third-order valence-electron chi connectivity index (χ3n) is 14.3. The van der Waals surface area contributed by atoms with Crippen molar-refractivity contribution in [3.63, 3.8) is 0 Å². The van der Waals surface area contributed by atoms with Gasteiger partial charge >= 0.3 is 0 Å². The molecule has 6 rings (SSSR count). The maximum absolute atomic E-state index is 2.52. The molecule has 0 bridgehead atoms. The number of hydrogen-bond acceptors (Lipinski definition) is 0. The molecule has 0 aromatic rings. The minimum Gasteiger partial charge on any atom is -0.0683 e. The Morgan fingerprint density at radius 1 is 0.185 bits per heavy atom. The van der Waals surface area contributed by atoms with Crippen molar-refractivity contribution in [1.29, 1.82) is 0 Å². The molecule has 326 valence electrons. The lowest BCUT2D eigenvalue weighted by Gasteiger charge is -2.35. The first-order chi connectivity index (χ1) is 26.4. The Balaban J connectivity index is 0.000000718. The largest absolute Gasteiger partial charge is 0.0683 e. The van der Waals surface area contributed by atoms with Gasteiger partial charge in [-0.2, -0.15) is 0 Å². The van der Waals surface area contributed by atoms with E-state index in [1.165, 1.54) is 173 Å². The van der Waals surface area contributed by atoms with Crippen LogP contribution in [0.2, 0.25) is 0 Å². The van der Waals surface area contributed by atoms with Gasteiger partial charge in [0.05, 0.1) is 0 Å². The first kappa shape index (κ1) is 54.0. The highest BCUT2D eigenvalue weighted by atomic mass is 14.4. The van der Waals surface area contributed by atoms with Crippen molar-refractivity contribution < 1.29 is 0 Å². The maximum Gasteiger partial charge on any atom is -0.0381 e. The van der Waals surface area contributed by atoms with Gasteiger partial charge in [-0.1, -0.05) is 269 Å². The summed E-state index contributed by atoms with van der Waals surface area (Å²) in [4.78, 5) is 0. The molecule has 0 aromatic carbocycles. The van der Waals surface area contributed by atoms with Gasteiger partial charge in [0.2, 0.25) is 0 Å². The predicted molar refractivity (Wildman–Crippen MR) is 251 cm³/mol. The van der Waals surface area contributed by atoms with E-state index in [1.807, 2.05) is 41.5 Å². The molecule has 6 saturated carbocycles. The molecule has 54 heavy (non-hydrogen) atoms. The summed E-state index contributed by atoms with van der Waals surface area (Å²) in [7, 11) is 0. The highest BCUT2D eigenvalue weighted by Gasteiger charge is 2.36. The zero-order valence-electron chi connectivity index (χ0n) is 40.2. The SMILES string of the molecule is CC.CC.CC.CC1CCCC(C2CCCC(C)CC(C3CC3)C2)CCC1.CC1CCCCCCC1.CC1CCCCCCC1.CC1CCCCCCC1. The van der Waals surface area contributed by atoms with E-state index in [-0.39, 0.29) is 0 Å². The van der Waals surface area contributed by atoms with Gasteiger partial charge in [0.15, 0.2) is 0 Å². The molecular weight excluding hydrogens is 649 g/mol. The second kappa shape index (κ2) is 38.5. The Kier molecular flexibility index (Phi) is 38.5. The van der Waals surface area contributed by atoms with Crippen molar-refractivity contribution in [2.45, 2.75) is 294 Å². The van der Waals surface area contributed by atoms with Gasteiger partial charge in [-0.15, -0.1) is 0 Å². The highest BCUT2D eigenvalue weighted by Crippen LogP contribution is 2.47. The summed E-state index contributed by atoms with van der Waals surface area (Å²) in [5, 5.41) is 0. The highest BCUT2D eigenvalue weighted by molar-refractivity contribution is 4.87. The summed E-state index contributed by atoms with van der Waals surface area (Å²) in [6.45, 7) is 24.2. The Labute approximate surface area is 346 Å². The van der Waals surface area contributed by atoms with Gasteiger partial charge in [-0.3, -0.25) is 0 Å². The summed E-state index contributed by atoms with van der Waals surface area (Å²) in [5.41, 5.74) is 0. The van der Waals surface area contributed by atoms with Crippen molar-refractivity contribution in [2.75, 3.05) is 0 Å². The monoisotopic (exact) mass is 759 g/mol. The lowest BCUT2D eigenvalue weighted by atomic mass is 9.70. The second-order valence-electron chi connectivity index (χ2n) is 19.4. The van der Waals surface area contributed by atoms with E-state index >= 15 is 0 Å². The van der Waals surface area contributed by atoms with Crippen molar-refractivity contribution in [3.05, 3.63) is 0 Å². The van der Waals surface area contributed by atoms with E-state index < -0.39 is 0 Å². The Morgan fingerprint density at radius 3 is 0.741 bits per heavy atom. The van der Waals surface area contributed by atoms with Crippen LogP contribution < -0.4 is 0 Å². The molecule has 0 heteroatoms. The zero-order valence-corrected chi connectivity index (χ0v) is 40.2. The van der Waals surface area contributed by atoms with Crippen LogP contribution in [-0.2, 0) is 0 Å². The molecule has 3 atom stereocenters. The Morgan fingerprint density at radius 2 is 0.426 bits per heavy atom. The first-order valence-corrected chi connectivity index (χ1v) is 26.4. The lowest BCUT2D eigenvalue weighted by Crippen LogP contribution is -2.24. The molecule has 0 aromatic heterocycles. The predicted octanol–water partition coefficient (Wildman–Crippen LogP) is 20.0. The van der Waals surface area contributed by atoms with Crippen molar-refractivity contribution in [3.8, 4) is 0 Å². The van der Waals surface area contributed by atoms with Gasteiger partial charge in [-0.25, -0.2) is 0 Å². The molecule has 0 saturated heterocycles. The third kappa shape index (κ3) is 30.1. The molecule has 0 aliphatic heterocycles. The van der Waals surface area contributed by atoms with E-state index in [4.69, 9.17) is 0 Å². The minimum atomic E-state index is 1.00. The van der Waals surface area contributed by atoms with Crippen molar-refractivity contribution in [2.24, 2.45) is 53.3 Å². The quantitative estimate of drug-likeness (QED) is 0.263. The molecule has 3 unspecified atom stereocenters. The fraction of sp³-hybridized carbons (Fsp3) is 1.00. The zero-order chi connectivity index (χ0) is 40.2. The summed E-state index contributed by atoms with van der Waals surface area (Å²) < 4.78 is 0. The smallest absolute Gasteiger partial charge is 0.0381 e. The van der Waals surface area contributed by atoms with Crippen LogP contribution in [0.25, 0.3) is 0 Å². The maximum atomic E-state index is 2.52. The molecule has 0 spiro atoms. The van der Waals surface area contributed by atoms with Crippen LogP contribution in [0.15, 0.2) is 0 Å². The molecule has 6 fully saturated rings. The molecule has 0 radical (unpaired) electrons. The molecule has 6 aliphatic rings. The summed E-state index contributed by atoms with van der Waals surface area (Å²) >= 11 is 0. The van der Waals surface area contributed by atoms with Crippen LogP contribution >= 0.6 is 0 Å². The molecule has 0 nitrogen and oxygen atoms in total. The molecule has 0 amide bonds. The van der Waals surface area contributed by atoms with Gasteiger partial charge in [0.25, 0.3) is 0 Å². The van der Waals surface area contributed by atoms with Crippen LogP contribution in [0.1, 0.15) is 294 Å². The van der Waals surface area contributed by atoms with E-state index in [9.17, 15) is 0 Å². The van der Waals surface area contributed by atoms with Crippen molar-refractivity contribution in [1.82, 2.24) is 0 Å². The molecule has 0 N–H and O–H groups in total. The van der Waals surface area contributed by atoms with Crippen molar-refractivity contribution >= 4 is 0 Å². The normalized spacial score (nSPS) is 29.7. The summed E-state index contributed by atoms with van der Waals surface area (Å²) in [6.07, 6.45) is 51.3. The Bertz CT molecular complexity index is 638. The van der Waals surface area contributed by atoms with Crippen LogP contribution in [-0.4, -0.2) is 0 Å². The topological polar surface area (TPSA) is 0 Å². The summed E-state index contributed by atoms with van der Waals surface area (Å²) in [6, 6.07) is 0. The Hall–Kier alpha value is 0. The van der Waals surface area contributed by atoms with Gasteiger partial charge in [0.1, 0.15) is 0 Å². The van der Waals surface area contributed by atoms with E-state index in [2.05, 4.69) is 34.6 Å². The van der Waals surface area contributed by atoms with Crippen LogP contribution in [0.5, 0.6) is 0 Å². The molecule has 0 heterocycles. The minimum absolute atomic E-state index is 1.00. The fourth-order valence-electron chi connectivity index (χ4n) is 10.5. The van der Waals surface area contributed by atoms with Gasteiger partial charge in [0, 0.05) is 0 Å². The standard InChI is InChI=1S/C21H38.3C9H18.3C2H6/c1-16-6-3-9-18(10-4-7-16)20-11-5-8-17(2)14-21(15-20)19-12-13-19;3*1-9-7-5-3-2-4-6-8-9;3*1-2/h16-21H,3-15H2,1-2H3;3*9H,2-8H2,1H3;3*1-2H3. The first-order valence-electron chi connectivity index (χ1n) is 26.4. The van der Waals surface area contributed by atoms with E-state index in [0.29, 0.717) is 0 Å². The van der Waals surface area contributed by atoms with Gasteiger partial charge < -0.3 is 0 Å². The molecule has 6 aliphatic carbocycles. The van der Waals surface area contributed by atoms with E-state index in [1.54, 1.807) is 44.9 Å². The third-order valence-corrected chi connectivity index (χ3v) is 14.3. The fourth-order valence-corrected chi connectivity index (χ4v) is 10.5. The average molecular weight is 759 g/mol. The van der Waals surface area contributed by atoms with E-state index in [0.717, 1.165) is 53.3 Å². The molecular formula is C54H110. The van der Waals surface area contributed by atoms with Crippen LogP contribution in [0, 0.1) is 53.3 Å². The van der Waals surface area contributed by atoms with Crippen LogP contribution in [0.3, 0.4) is 0 Å². The lowest BCUT2D eigenvalue weighted by molar-refractivity contribution is 0.158. The number of rotatable bonds is 2. The van der Waals surface area contributed by atoms with Gasteiger partial charge in [-0.05, 0) is 78.9 Å².